The maximum absolute atomic E-state index is 12.3. The molecule has 2 aromatic rings. The third-order valence-electron chi connectivity index (χ3n) is 4.05. The predicted octanol–water partition coefficient (Wildman–Crippen LogP) is 3.49. The third-order valence-corrected chi connectivity index (χ3v) is 6.86. The Labute approximate surface area is 151 Å². The van der Waals surface area contributed by atoms with Gasteiger partial charge in [-0.1, -0.05) is 13.0 Å². The maximum Gasteiger partial charge on any atom is 0.324 e. The van der Waals surface area contributed by atoms with E-state index in [1.165, 1.54) is 15.6 Å². The number of thiophene rings is 1. The molecule has 0 unspecified atom stereocenters. The first-order chi connectivity index (χ1) is 12.0. The highest BCUT2D eigenvalue weighted by Crippen LogP contribution is 2.25. The van der Waals surface area contributed by atoms with Crippen LogP contribution in [0.2, 0.25) is 0 Å². The molecule has 134 valence electrons. The van der Waals surface area contributed by atoms with Gasteiger partial charge in [0, 0.05) is 18.8 Å². The van der Waals surface area contributed by atoms with Gasteiger partial charge in [-0.25, -0.2) is 13.2 Å². The highest BCUT2D eigenvalue weighted by atomic mass is 32.2. The van der Waals surface area contributed by atoms with Crippen LogP contribution in [0.5, 0.6) is 0 Å². The van der Waals surface area contributed by atoms with Crippen molar-refractivity contribution in [1.82, 2.24) is 4.31 Å². The molecule has 25 heavy (non-hydrogen) atoms. The Kier molecular flexibility index (Phi) is 5.41. The average Bonchev–Trinajstić information content (AvgIpc) is 3.07. The number of anilines is 2. The van der Waals surface area contributed by atoms with E-state index in [4.69, 9.17) is 0 Å². The molecule has 2 N–H and O–H groups in total. The summed E-state index contributed by atoms with van der Waals surface area (Å²) in [6.07, 6.45) is 1.30. The van der Waals surface area contributed by atoms with Crippen LogP contribution in [0.25, 0.3) is 0 Å². The summed E-state index contributed by atoms with van der Waals surface area (Å²) in [5.74, 6) is 0.170. The number of sulfonamides is 1. The molecule has 0 atom stereocenters. The molecule has 1 aliphatic rings. The van der Waals surface area contributed by atoms with E-state index in [1.807, 2.05) is 42.6 Å². The molecule has 0 bridgehead atoms. The Morgan fingerprint density at radius 3 is 2.80 bits per heavy atom. The lowest BCUT2D eigenvalue weighted by Crippen LogP contribution is -2.37. The van der Waals surface area contributed by atoms with Crippen LogP contribution in [0.15, 0.2) is 35.7 Å². The number of nitrogens with one attached hydrogen (secondary N) is 2. The first-order valence-electron chi connectivity index (χ1n) is 8.19. The van der Waals surface area contributed by atoms with Crippen molar-refractivity contribution in [1.29, 1.82) is 0 Å². The number of amides is 2. The number of hydrogen-bond acceptors (Lipinski definition) is 4. The second kappa shape index (κ2) is 7.55. The van der Waals surface area contributed by atoms with Gasteiger partial charge >= 0.3 is 6.03 Å². The Bertz CT molecular complexity index is 848. The minimum atomic E-state index is -3.21. The fraction of sp³-hybridized carbons (Fsp3) is 0.353. The summed E-state index contributed by atoms with van der Waals surface area (Å²) < 4.78 is 26.1. The van der Waals surface area contributed by atoms with E-state index < -0.39 is 10.0 Å². The fourth-order valence-corrected chi connectivity index (χ4v) is 4.95. The molecule has 6 nitrogen and oxygen atoms in total. The molecule has 0 saturated carbocycles. The number of benzene rings is 1. The zero-order valence-corrected chi connectivity index (χ0v) is 15.6. The zero-order valence-electron chi connectivity index (χ0n) is 14.0. The largest absolute Gasteiger partial charge is 0.324 e. The van der Waals surface area contributed by atoms with Crippen LogP contribution in [0, 0.1) is 0 Å². The SMILES string of the molecule is CCCS(=O)(=O)N1CCc2ccc(NC(=O)Nc3cccs3)cc2C1. The number of rotatable bonds is 5. The van der Waals surface area contributed by atoms with Gasteiger partial charge < -0.3 is 5.32 Å². The minimum absolute atomic E-state index is 0.170. The lowest BCUT2D eigenvalue weighted by Gasteiger charge is -2.28. The molecular weight excluding hydrogens is 358 g/mol. The van der Waals surface area contributed by atoms with Crippen molar-refractivity contribution in [3.8, 4) is 0 Å². The predicted molar refractivity (Wildman–Crippen MR) is 102 cm³/mol. The van der Waals surface area contributed by atoms with E-state index in [0.29, 0.717) is 31.6 Å². The summed E-state index contributed by atoms with van der Waals surface area (Å²) in [6, 6.07) is 9.05. The van der Waals surface area contributed by atoms with Crippen LogP contribution < -0.4 is 10.6 Å². The van der Waals surface area contributed by atoms with Gasteiger partial charge in [0.15, 0.2) is 0 Å². The quantitative estimate of drug-likeness (QED) is 0.835. The van der Waals surface area contributed by atoms with E-state index in [9.17, 15) is 13.2 Å². The van der Waals surface area contributed by atoms with Crippen LogP contribution in [-0.2, 0) is 23.0 Å². The summed E-state index contributed by atoms with van der Waals surface area (Å²) in [4.78, 5) is 12.0. The Morgan fingerprint density at radius 1 is 1.24 bits per heavy atom. The molecule has 2 heterocycles. The van der Waals surface area contributed by atoms with Gasteiger partial charge in [-0.2, -0.15) is 4.31 Å². The molecule has 3 rings (SSSR count). The summed E-state index contributed by atoms with van der Waals surface area (Å²) >= 11 is 1.45. The standard InChI is InChI=1S/C17H21N3O3S2/c1-2-10-25(22,23)20-8-7-13-5-6-15(11-14(13)12-20)18-17(21)19-16-4-3-9-24-16/h3-6,9,11H,2,7-8,10,12H2,1H3,(H2,18,19,21). The zero-order chi connectivity index (χ0) is 17.9. The van der Waals surface area contributed by atoms with E-state index in [2.05, 4.69) is 10.6 Å². The van der Waals surface area contributed by atoms with Crippen molar-refractivity contribution in [2.24, 2.45) is 0 Å². The fourth-order valence-electron chi connectivity index (χ4n) is 2.86. The summed E-state index contributed by atoms with van der Waals surface area (Å²) in [7, 11) is -3.21. The topological polar surface area (TPSA) is 78.5 Å². The number of hydrogen-bond donors (Lipinski definition) is 2. The maximum atomic E-state index is 12.3. The van der Waals surface area contributed by atoms with Crippen molar-refractivity contribution < 1.29 is 13.2 Å². The van der Waals surface area contributed by atoms with Crippen molar-refractivity contribution in [2.45, 2.75) is 26.3 Å². The third kappa shape index (κ3) is 4.39. The molecule has 8 heteroatoms. The van der Waals surface area contributed by atoms with Crippen molar-refractivity contribution >= 4 is 38.1 Å². The van der Waals surface area contributed by atoms with E-state index in [-0.39, 0.29) is 11.8 Å². The van der Waals surface area contributed by atoms with Gasteiger partial charge in [0.1, 0.15) is 0 Å². The molecular formula is C17H21N3O3S2. The second-order valence-electron chi connectivity index (χ2n) is 5.94. The van der Waals surface area contributed by atoms with Gasteiger partial charge in [-0.05, 0) is 53.6 Å². The smallest absolute Gasteiger partial charge is 0.308 e. The molecule has 0 radical (unpaired) electrons. The lowest BCUT2D eigenvalue weighted by atomic mass is 10.0. The Morgan fingerprint density at radius 2 is 2.08 bits per heavy atom. The van der Waals surface area contributed by atoms with Crippen molar-refractivity contribution in [3.63, 3.8) is 0 Å². The Hall–Kier alpha value is -1.90. The normalized spacial score (nSPS) is 14.8. The van der Waals surface area contributed by atoms with Crippen LogP contribution in [0.1, 0.15) is 24.5 Å². The van der Waals surface area contributed by atoms with Crippen molar-refractivity contribution in [2.75, 3.05) is 22.9 Å². The first kappa shape index (κ1) is 17.9. The molecule has 1 aromatic carbocycles. The van der Waals surface area contributed by atoms with E-state index in [1.54, 1.807) is 0 Å². The molecule has 1 aromatic heterocycles. The molecule has 0 saturated heterocycles. The molecule has 1 aliphatic heterocycles. The minimum Gasteiger partial charge on any atom is -0.308 e. The highest BCUT2D eigenvalue weighted by Gasteiger charge is 2.26. The Balaban J connectivity index is 1.70. The van der Waals surface area contributed by atoms with Gasteiger partial charge in [0.2, 0.25) is 10.0 Å². The number of carbonyl (C=O) groups is 1. The monoisotopic (exact) mass is 379 g/mol. The summed E-state index contributed by atoms with van der Waals surface area (Å²) in [5, 5.41) is 8.22. The number of urea groups is 1. The number of carbonyl (C=O) groups excluding carboxylic acids is 1. The second-order valence-corrected chi connectivity index (χ2v) is 8.98. The van der Waals surface area contributed by atoms with Gasteiger partial charge in [-0.3, -0.25) is 5.32 Å². The van der Waals surface area contributed by atoms with Gasteiger partial charge in [0.05, 0.1) is 10.8 Å². The number of fused-ring (bicyclic) bond motifs is 1. The number of nitrogens with zero attached hydrogens (tertiary/aromatic N) is 1. The first-order valence-corrected chi connectivity index (χ1v) is 10.7. The highest BCUT2D eigenvalue weighted by molar-refractivity contribution is 7.89. The lowest BCUT2D eigenvalue weighted by molar-refractivity contribution is 0.262. The molecule has 2 amide bonds. The van der Waals surface area contributed by atoms with Crippen LogP contribution in [0.3, 0.4) is 0 Å². The molecule has 0 fully saturated rings. The summed E-state index contributed by atoms with van der Waals surface area (Å²) in [5.41, 5.74) is 2.73. The molecule has 0 spiro atoms. The van der Waals surface area contributed by atoms with Gasteiger partial charge in [0.25, 0.3) is 0 Å². The van der Waals surface area contributed by atoms with Crippen molar-refractivity contribution in [3.05, 3.63) is 46.8 Å². The van der Waals surface area contributed by atoms with Crippen LogP contribution in [0.4, 0.5) is 15.5 Å². The molecule has 0 aliphatic carbocycles. The van der Waals surface area contributed by atoms with Crippen LogP contribution >= 0.6 is 11.3 Å². The van der Waals surface area contributed by atoms with Crippen LogP contribution in [-0.4, -0.2) is 31.1 Å². The van der Waals surface area contributed by atoms with Gasteiger partial charge in [-0.15, -0.1) is 11.3 Å². The van der Waals surface area contributed by atoms with E-state index in [0.717, 1.165) is 16.1 Å². The average molecular weight is 380 g/mol. The van der Waals surface area contributed by atoms with E-state index >= 15 is 0 Å². The summed E-state index contributed by atoms with van der Waals surface area (Å²) in [6.45, 7) is 2.74.